The summed E-state index contributed by atoms with van der Waals surface area (Å²) in [6.45, 7) is 0. The van der Waals surface area contributed by atoms with Crippen LogP contribution in [0.1, 0.15) is 4.88 Å². The minimum absolute atomic E-state index is 0.116. The van der Waals surface area contributed by atoms with Gasteiger partial charge in [0.15, 0.2) is 0 Å². The number of nitrogens with one attached hydrogen (secondary N) is 1. The highest BCUT2D eigenvalue weighted by molar-refractivity contribution is 7.89. The first-order valence-corrected chi connectivity index (χ1v) is 8.11. The van der Waals surface area contributed by atoms with Crippen LogP contribution in [0.4, 0.5) is 5.69 Å². The lowest BCUT2D eigenvalue weighted by Crippen LogP contribution is -2.18. The van der Waals surface area contributed by atoms with Crippen molar-refractivity contribution in [3.63, 3.8) is 0 Å². The van der Waals surface area contributed by atoms with Gasteiger partial charge in [-0.2, -0.15) is 13.5 Å². The third-order valence-corrected chi connectivity index (χ3v) is 4.72. The zero-order valence-electron chi connectivity index (χ0n) is 10.3. The molecule has 1 heterocycles. The lowest BCUT2D eigenvalue weighted by Gasteiger charge is -2.02. The predicted octanol–water partition coefficient (Wildman–Crippen LogP) is 2.62. The number of benzene rings is 1. The summed E-state index contributed by atoms with van der Waals surface area (Å²) in [4.78, 5) is 12.5. The van der Waals surface area contributed by atoms with Crippen LogP contribution in [0.2, 0.25) is 4.34 Å². The molecule has 21 heavy (non-hydrogen) atoms. The topological polar surface area (TPSA) is 102 Å². The Hall–Kier alpha value is -1.97. The van der Waals surface area contributed by atoms with Crippen LogP contribution in [0.15, 0.2) is 46.4 Å². The van der Waals surface area contributed by atoms with E-state index in [1.165, 1.54) is 17.6 Å². The highest BCUT2D eigenvalue weighted by atomic mass is 35.5. The Morgan fingerprint density at radius 3 is 2.43 bits per heavy atom. The second-order valence-electron chi connectivity index (χ2n) is 3.75. The van der Waals surface area contributed by atoms with E-state index in [2.05, 4.69) is 5.10 Å². The number of hydrogen-bond donors (Lipinski definition) is 1. The molecule has 0 atom stereocenters. The maximum atomic E-state index is 11.9. The van der Waals surface area contributed by atoms with Crippen molar-refractivity contribution in [1.29, 1.82) is 0 Å². The van der Waals surface area contributed by atoms with Crippen LogP contribution in [0, 0.1) is 10.1 Å². The third kappa shape index (κ3) is 4.00. The molecule has 0 fully saturated rings. The van der Waals surface area contributed by atoms with Crippen molar-refractivity contribution in [1.82, 2.24) is 4.83 Å². The van der Waals surface area contributed by atoms with E-state index in [4.69, 9.17) is 11.6 Å². The average Bonchev–Trinajstić information content (AvgIpc) is 2.84. The molecule has 0 aliphatic heterocycles. The molecule has 2 aromatic rings. The first-order chi connectivity index (χ1) is 9.88. The Morgan fingerprint density at radius 2 is 1.90 bits per heavy atom. The smallest absolute Gasteiger partial charge is 0.258 e. The summed E-state index contributed by atoms with van der Waals surface area (Å²) in [5, 5.41) is 14.1. The minimum Gasteiger partial charge on any atom is -0.258 e. The van der Waals surface area contributed by atoms with E-state index in [0.717, 1.165) is 24.3 Å². The fourth-order valence-electron chi connectivity index (χ4n) is 1.36. The Labute approximate surface area is 129 Å². The van der Waals surface area contributed by atoms with Gasteiger partial charge in [-0.15, -0.1) is 11.3 Å². The first kappa shape index (κ1) is 15.4. The summed E-state index contributed by atoms with van der Waals surface area (Å²) in [7, 11) is -3.86. The van der Waals surface area contributed by atoms with Crippen LogP contribution < -0.4 is 4.83 Å². The molecule has 2 rings (SSSR count). The maximum Gasteiger partial charge on any atom is 0.276 e. The molecule has 0 spiro atoms. The second-order valence-corrected chi connectivity index (χ2v) is 7.15. The van der Waals surface area contributed by atoms with Crippen molar-refractivity contribution >= 4 is 44.9 Å². The van der Waals surface area contributed by atoms with Gasteiger partial charge in [-0.1, -0.05) is 11.6 Å². The van der Waals surface area contributed by atoms with E-state index in [9.17, 15) is 18.5 Å². The van der Waals surface area contributed by atoms with Crippen LogP contribution in [0.3, 0.4) is 0 Å². The lowest BCUT2D eigenvalue weighted by atomic mass is 10.3. The van der Waals surface area contributed by atoms with Gasteiger partial charge < -0.3 is 0 Å². The number of non-ortho nitro benzene ring substituents is 1. The number of hydrazone groups is 1. The average molecular weight is 346 g/mol. The third-order valence-electron chi connectivity index (χ3n) is 2.32. The Bertz CT molecular complexity index is 784. The van der Waals surface area contributed by atoms with Gasteiger partial charge in [-0.25, -0.2) is 4.83 Å². The first-order valence-electron chi connectivity index (χ1n) is 5.43. The van der Waals surface area contributed by atoms with E-state index >= 15 is 0 Å². The van der Waals surface area contributed by atoms with E-state index in [-0.39, 0.29) is 10.6 Å². The minimum atomic E-state index is -3.86. The van der Waals surface area contributed by atoms with Gasteiger partial charge in [0.25, 0.3) is 15.7 Å². The zero-order chi connectivity index (χ0) is 15.5. The van der Waals surface area contributed by atoms with Gasteiger partial charge >= 0.3 is 0 Å². The van der Waals surface area contributed by atoms with Gasteiger partial charge in [-0.3, -0.25) is 10.1 Å². The molecule has 0 bridgehead atoms. The quantitative estimate of drug-likeness (QED) is 0.511. The summed E-state index contributed by atoms with van der Waals surface area (Å²) in [5.74, 6) is 0. The fourth-order valence-corrected chi connectivity index (χ4v) is 3.08. The van der Waals surface area contributed by atoms with Crippen molar-refractivity contribution < 1.29 is 13.3 Å². The number of nitro groups is 1. The van der Waals surface area contributed by atoms with Crippen molar-refractivity contribution in [2.45, 2.75) is 4.90 Å². The number of sulfonamides is 1. The summed E-state index contributed by atoms with van der Waals surface area (Å²) >= 11 is 6.97. The Morgan fingerprint density at radius 1 is 1.24 bits per heavy atom. The van der Waals surface area contributed by atoms with Gasteiger partial charge in [0.2, 0.25) is 0 Å². The molecule has 1 N–H and O–H groups in total. The maximum absolute atomic E-state index is 11.9. The van der Waals surface area contributed by atoms with Gasteiger partial charge in [0.1, 0.15) is 0 Å². The highest BCUT2D eigenvalue weighted by Crippen LogP contribution is 2.19. The largest absolute Gasteiger partial charge is 0.276 e. The van der Waals surface area contributed by atoms with Crippen molar-refractivity contribution in [2.24, 2.45) is 5.10 Å². The normalized spacial score (nSPS) is 11.7. The number of hydrogen-bond acceptors (Lipinski definition) is 6. The summed E-state index contributed by atoms with van der Waals surface area (Å²) in [5.41, 5.74) is -0.189. The Kier molecular flexibility index (Phi) is 4.56. The van der Waals surface area contributed by atoms with Crippen LogP contribution >= 0.6 is 22.9 Å². The zero-order valence-corrected chi connectivity index (χ0v) is 12.7. The van der Waals surface area contributed by atoms with Crippen LogP contribution in [0.25, 0.3) is 0 Å². The standard InChI is InChI=1S/C11H8ClN3O4S2/c12-11-6-3-9(20-11)7-13-14-21(18,19)10-4-1-8(2-5-10)15(16)17/h1-7,14H. The van der Waals surface area contributed by atoms with Crippen LogP contribution in [-0.4, -0.2) is 19.6 Å². The summed E-state index contributed by atoms with van der Waals surface area (Å²) in [6.07, 6.45) is 1.32. The fraction of sp³-hybridized carbons (Fsp3) is 0. The molecule has 0 aliphatic rings. The SMILES string of the molecule is O=[N+]([O-])c1ccc(S(=O)(=O)NN=Cc2ccc(Cl)s2)cc1. The second kappa shape index (κ2) is 6.20. The Balaban J connectivity index is 2.11. The number of halogens is 1. The molecule has 0 saturated heterocycles. The van der Waals surface area contributed by atoms with Crippen molar-refractivity contribution in [3.8, 4) is 0 Å². The molecule has 0 amide bonds. The molecule has 1 aromatic heterocycles. The molecule has 0 radical (unpaired) electrons. The van der Waals surface area contributed by atoms with Crippen LogP contribution in [0.5, 0.6) is 0 Å². The van der Waals surface area contributed by atoms with E-state index < -0.39 is 14.9 Å². The molecular weight excluding hydrogens is 338 g/mol. The molecule has 0 unspecified atom stereocenters. The predicted molar refractivity (Wildman–Crippen MR) is 80.3 cm³/mol. The molecule has 110 valence electrons. The van der Waals surface area contributed by atoms with Gasteiger partial charge in [0.05, 0.1) is 20.4 Å². The van der Waals surface area contributed by atoms with Gasteiger partial charge in [-0.05, 0) is 24.3 Å². The number of thiophene rings is 1. The molecule has 0 saturated carbocycles. The summed E-state index contributed by atoms with van der Waals surface area (Å²) < 4.78 is 24.3. The molecular formula is C11H8ClN3O4S2. The highest BCUT2D eigenvalue weighted by Gasteiger charge is 2.14. The van der Waals surface area contributed by atoms with Gasteiger partial charge in [0, 0.05) is 17.0 Å². The monoisotopic (exact) mass is 345 g/mol. The molecule has 10 heteroatoms. The van der Waals surface area contributed by atoms with Crippen molar-refractivity contribution in [3.05, 3.63) is 55.7 Å². The molecule has 1 aromatic carbocycles. The van der Waals surface area contributed by atoms with E-state index in [1.54, 1.807) is 12.1 Å². The number of nitrogens with zero attached hydrogens (tertiary/aromatic N) is 2. The van der Waals surface area contributed by atoms with Crippen LogP contribution in [-0.2, 0) is 10.0 Å². The molecule has 7 nitrogen and oxygen atoms in total. The summed E-state index contributed by atoms with van der Waals surface area (Å²) in [6, 6.07) is 7.85. The number of rotatable bonds is 5. The van der Waals surface area contributed by atoms with E-state index in [0.29, 0.717) is 9.21 Å². The van der Waals surface area contributed by atoms with Crippen molar-refractivity contribution in [2.75, 3.05) is 0 Å². The lowest BCUT2D eigenvalue weighted by molar-refractivity contribution is -0.384. The van der Waals surface area contributed by atoms with E-state index in [1.807, 2.05) is 4.83 Å². The number of nitro benzene ring substituents is 1. The molecule has 0 aliphatic carbocycles.